The number of benzene rings is 5. The monoisotopic (exact) mass is 420 g/mol. The highest BCUT2D eigenvalue weighted by Gasteiger charge is 2.26. The molecule has 0 bridgehead atoms. The molecule has 5 aromatic rings. The molecule has 0 aromatic heterocycles. The predicted octanol–water partition coefficient (Wildman–Crippen LogP) is 9.35. The van der Waals surface area contributed by atoms with Crippen molar-refractivity contribution in [3.8, 4) is 0 Å². The fraction of sp³-hybridized carbons (Fsp3) is 0.267. The van der Waals surface area contributed by atoms with Crippen molar-refractivity contribution in [2.75, 3.05) is 0 Å². The maximum atomic E-state index is 2.45. The van der Waals surface area contributed by atoms with Gasteiger partial charge in [0.15, 0.2) is 0 Å². The van der Waals surface area contributed by atoms with Gasteiger partial charge < -0.3 is 0 Å². The molecule has 0 aliphatic carbocycles. The van der Waals surface area contributed by atoms with E-state index < -0.39 is 8.07 Å². The van der Waals surface area contributed by atoms with E-state index in [0.29, 0.717) is 0 Å². The lowest BCUT2D eigenvalue weighted by molar-refractivity contribution is 1.03. The standard InChI is InChI=1S/C30H32Si/c1-4-31(5-2,6-3)15-14-22-12-9-13-25-18-28-19-26-16-23-10-7-8-11-24(23)17-27(26)20-29(28)21-30(22)25/h7-13,16-21H,4-6,14-15H2,1-3H3. The molecule has 5 aromatic carbocycles. The van der Waals surface area contributed by atoms with E-state index in [1.807, 2.05) is 0 Å². The van der Waals surface area contributed by atoms with Crippen LogP contribution >= 0.6 is 0 Å². The largest absolute Gasteiger partial charge is 0.0678 e. The van der Waals surface area contributed by atoms with Gasteiger partial charge in [0.1, 0.15) is 0 Å². The number of hydrogen-bond donors (Lipinski definition) is 0. The van der Waals surface area contributed by atoms with Gasteiger partial charge in [0, 0.05) is 0 Å². The highest BCUT2D eigenvalue weighted by molar-refractivity contribution is 6.79. The molecular weight excluding hydrogens is 388 g/mol. The zero-order valence-corrected chi connectivity index (χ0v) is 20.0. The van der Waals surface area contributed by atoms with Crippen molar-refractivity contribution in [2.45, 2.75) is 51.4 Å². The maximum Gasteiger partial charge on any atom is 0.0530 e. The van der Waals surface area contributed by atoms with Crippen LogP contribution in [0.15, 0.2) is 78.9 Å². The third-order valence-electron chi connectivity index (χ3n) is 7.92. The molecule has 0 saturated heterocycles. The lowest BCUT2D eigenvalue weighted by Gasteiger charge is -2.28. The van der Waals surface area contributed by atoms with Crippen molar-refractivity contribution >= 4 is 51.2 Å². The lowest BCUT2D eigenvalue weighted by atomic mass is 9.95. The molecule has 0 nitrogen and oxygen atoms in total. The summed E-state index contributed by atoms with van der Waals surface area (Å²) in [6, 6.07) is 35.5. The van der Waals surface area contributed by atoms with Crippen LogP contribution in [-0.2, 0) is 6.42 Å². The minimum atomic E-state index is -1.10. The average molecular weight is 421 g/mol. The quantitative estimate of drug-likeness (QED) is 0.189. The zero-order valence-electron chi connectivity index (χ0n) is 19.0. The summed E-state index contributed by atoms with van der Waals surface area (Å²) in [5.74, 6) is 0. The van der Waals surface area contributed by atoms with Gasteiger partial charge in [0.2, 0.25) is 0 Å². The molecule has 1 heteroatoms. The highest BCUT2D eigenvalue weighted by atomic mass is 28.3. The topological polar surface area (TPSA) is 0 Å². The molecule has 0 atom stereocenters. The van der Waals surface area contributed by atoms with Crippen LogP contribution in [0.4, 0.5) is 0 Å². The second kappa shape index (κ2) is 8.13. The summed E-state index contributed by atoms with van der Waals surface area (Å²) in [4.78, 5) is 0. The van der Waals surface area contributed by atoms with Gasteiger partial charge in [-0.1, -0.05) is 87.4 Å². The van der Waals surface area contributed by atoms with Gasteiger partial charge in [-0.2, -0.15) is 0 Å². The normalized spacial score (nSPS) is 12.4. The van der Waals surface area contributed by atoms with Crippen LogP contribution in [0, 0.1) is 0 Å². The molecule has 0 amide bonds. The van der Waals surface area contributed by atoms with E-state index in [4.69, 9.17) is 0 Å². The highest BCUT2D eigenvalue weighted by Crippen LogP contribution is 2.33. The Labute approximate surface area is 186 Å². The second-order valence-electron chi connectivity index (χ2n) is 9.30. The van der Waals surface area contributed by atoms with Gasteiger partial charge >= 0.3 is 0 Å². The summed E-state index contributed by atoms with van der Waals surface area (Å²) < 4.78 is 0. The molecule has 5 rings (SSSR count). The first-order valence-corrected chi connectivity index (χ1v) is 14.8. The Hall–Kier alpha value is -2.64. The SMILES string of the molecule is CC[Si](CC)(CC)CCc1cccc2cc3cc4cc5ccccc5cc4cc3cc12. The van der Waals surface area contributed by atoms with Crippen molar-refractivity contribution in [2.24, 2.45) is 0 Å². The maximum absolute atomic E-state index is 2.45. The van der Waals surface area contributed by atoms with E-state index in [1.165, 1.54) is 79.3 Å². The average Bonchev–Trinajstić information content (AvgIpc) is 2.81. The van der Waals surface area contributed by atoms with E-state index in [0.717, 1.165) is 0 Å². The summed E-state index contributed by atoms with van der Waals surface area (Å²) in [7, 11) is -1.10. The summed E-state index contributed by atoms with van der Waals surface area (Å²) in [6.45, 7) is 7.26. The molecule has 0 spiro atoms. The summed E-state index contributed by atoms with van der Waals surface area (Å²) in [5.41, 5.74) is 1.53. The number of rotatable bonds is 6. The summed E-state index contributed by atoms with van der Waals surface area (Å²) in [5, 5.41) is 10.8. The van der Waals surface area contributed by atoms with Gasteiger partial charge in [0.05, 0.1) is 8.07 Å². The van der Waals surface area contributed by atoms with Gasteiger partial charge in [-0.3, -0.25) is 0 Å². The van der Waals surface area contributed by atoms with Crippen molar-refractivity contribution in [1.82, 2.24) is 0 Å². The van der Waals surface area contributed by atoms with E-state index in [-0.39, 0.29) is 0 Å². The Kier molecular flexibility index (Phi) is 5.31. The Morgan fingerprint density at radius 3 is 1.58 bits per heavy atom. The van der Waals surface area contributed by atoms with E-state index in [9.17, 15) is 0 Å². The Balaban J connectivity index is 1.63. The van der Waals surface area contributed by atoms with E-state index in [2.05, 4.69) is 99.6 Å². The minimum absolute atomic E-state index is 1.10. The molecule has 0 heterocycles. The first kappa shape index (κ1) is 20.3. The Bertz CT molecular complexity index is 1380. The smallest absolute Gasteiger partial charge is 0.0530 e. The third kappa shape index (κ3) is 3.66. The minimum Gasteiger partial charge on any atom is -0.0678 e. The number of fused-ring (bicyclic) bond motifs is 4. The zero-order chi connectivity index (χ0) is 21.4. The van der Waals surface area contributed by atoms with Gasteiger partial charge in [0.25, 0.3) is 0 Å². The van der Waals surface area contributed by atoms with Crippen LogP contribution in [0.5, 0.6) is 0 Å². The van der Waals surface area contributed by atoms with Crippen LogP contribution in [-0.4, -0.2) is 8.07 Å². The second-order valence-corrected chi connectivity index (χ2v) is 14.9. The van der Waals surface area contributed by atoms with Crippen molar-refractivity contribution in [1.29, 1.82) is 0 Å². The summed E-state index contributed by atoms with van der Waals surface area (Å²) in [6.07, 6.45) is 1.23. The molecule has 156 valence electrons. The Morgan fingerprint density at radius 1 is 0.516 bits per heavy atom. The molecule has 0 aliphatic rings. The van der Waals surface area contributed by atoms with Crippen LogP contribution < -0.4 is 0 Å². The number of hydrogen-bond acceptors (Lipinski definition) is 0. The molecule has 0 saturated carbocycles. The number of aryl methyl sites for hydroxylation is 1. The lowest BCUT2D eigenvalue weighted by Crippen LogP contribution is -2.31. The van der Waals surface area contributed by atoms with Crippen molar-refractivity contribution in [3.05, 3.63) is 84.4 Å². The fourth-order valence-electron chi connectivity index (χ4n) is 5.43. The molecule has 0 unspecified atom stereocenters. The van der Waals surface area contributed by atoms with Crippen LogP contribution in [0.25, 0.3) is 43.1 Å². The van der Waals surface area contributed by atoms with Crippen LogP contribution in [0.2, 0.25) is 24.2 Å². The van der Waals surface area contributed by atoms with E-state index in [1.54, 1.807) is 0 Å². The summed E-state index contributed by atoms with van der Waals surface area (Å²) >= 11 is 0. The predicted molar refractivity (Wildman–Crippen MR) is 142 cm³/mol. The molecule has 0 fully saturated rings. The van der Waals surface area contributed by atoms with Gasteiger partial charge in [-0.25, -0.2) is 0 Å². The molecule has 0 N–H and O–H groups in total. The fourth-order valence-corrected chi connectivity index (χ4v) is 8.79. The van der Waals surface area contributed by atoms with E-state index >= 15 is 0 Å². The molecule has 0 aliphatic heterocycles. The van der Waals surface area contributed by atoms with Crippen LogP contribution in [0.3, 0.4) is 0 Å². The first-order valence-electron chi connectivity index (χ1n) is 11.9. The molecule has 31 heavy (non-hydrogen) atoms. The Morgan fingerprint density at radius 2 is 1.00 bits per heavy atom. The molecular formula is C30H32Si. The first-order chi connectivity index (χ1) is 15.1. The van der Waals surface area contributed by atoms with Gasteiger partial charge in [-0.15, -0.1) is 0 Å². The van der Waals surface area contributed by atoms with Crippen molar-refractivity contribution in [3.63, 3.8) is 0 Å². The van der Waals surface area contributed by atoms with Crippen LogP contribution in [0.1, 0.15) is 26.3 Å². The van der Waals surface area contributed by atoms with Gasteiger partial charge in [-0.05, 0) is 91.5 Å². The van der Waals surface area contributed by atoms with Crippen molar-refractivity contribution < 1.29 is 0 Å². The molecule has 0 radical (unpaired) electrons. The third-order valence-corrected chi connectivity index (χ3v) is 13.7.